The summed E-state index contributed by atoms with van der Waals surface area (Å²) in [6.45, 7) is 4.65. The largest absolute Gasteiger partial charge is 0.381 e. The Hall–Kier alpha value is -3.45. The molecule has 0 atom stereocenters. The van der Waals surface area contributed by atoms with E-state index in [0.717, 1.165) is 91.8 Å². The Balaban J connectivity index is 0.000000162. The Morgan fingerprint density at radius 3 is 2.18 bits per heavy atom. The maximum Gasteiger partial charge on any atom is 0.270 e. The molecule has 4 aromatic heterocycles. The number of anilines is 1. The van der Waals surface area contributed by atoms with Crippen LogP contribution in [-0.4, -0.2) is 58.0 Å². The van der Waals surface area contributed by atoms with E-state index in [0.29, 0.717) is 36.8 Å². The van der Waals surface area contributed by atoms with Crippen molar-refractivity contribution in [3.8, 4) is 11.5 Å². The molecule has 9 rings (SSSR count). The van der Waals surface area contributed by atoms with Crippen LogP contribution in [0.2, 0.25) is 0 Å². The summed E-state index contributed by atoms with van der Waals surface area (Å²) in [4.78, 5) is 35.6. The zero-order valence-electron chi connectivity index (χ0n) is 24.4. The van der Waals surface area contributed by atoms with Crippen LogP contribution in [0.1, 0.15) is 96.6 Å². The number of amides is 2. The van der Waals surface area contributed by atoms with Gasteiger partial charge in [-0.2, -0.15) is 0 Å². The summed E-state index contributed by atoms with van der Waals surface area (Å²) >= 11 is 3.32. The van der Waals surface area contributed by atoms with Crippen LogP contribution in [0.15, 0.2) is 36.7 Å². The van der Waals surface area contributed by atoms with Gasteiger partial charge in [0.1, 0.15) is 17.8 Å². The van der Waals surface area contributed by atoms with Gasteiger partial charge in [0.2, 0.25) is 0 Å². The highest BCUT2D eigenvalue weighted by atomic mass is 32.1. The maximum absolute atomic E-state index is 13.1. The van der Waals surface area contributed by atoms with Crippen molar-refractivity contribution in [2.24, 2.45) is 0 Å². The molecule has 12 heteroatoms. The lowest BCUT2D eigenvalue weighted by atomic mass is 9.98. The lowest BCUT2D eigenvalue weighted by Gasteiger charge is -2.21. The zero-order valence-corrected chi connectivity index (χ0v) is 26.0. The Morgan fingerprint density at radius 2 is 1.52 bits per heavy atom. The molecule has 2 amide bonds. The summed E-state index contributed by atoms with van der Waals surface area (Å²) < 4.78 is 12.9. The fourth-order valence-electron chi connectivity index (χ4n) is 6.44. The number of hydrogen-bond acceptors (Lipinski definition) is 9. The fourth-order valence-corrected chi connectivity index (χ4v) is 9.00. The van der Waals surface area contributed by atoms with Gasteiger partial charge in [-0.1, -0.05) is 6.07 Å². The molecular weight excluding hydrogens is 597 g/mol. The summed E-state index contributed by atoms with van der Waals surface area (Å²) in [7, 11) is 0. The summed E-state index contributed by atoms with van der Waals surface area (Å²) in [6, 6.07) is 10.7. The number of nitrogens with zero attached hydrogens (tertiary/aromatic N) is 5. The average molecular weight is 631 g/mol. The van der Waals surface area contributed by atoms with Crippen molar-refractivity contribution in [1.29, 1.82) is 0 Å². The van der Waals surface area contributed by atoms with E-state index in [1.807, 2.05) is 18.2 Å². The third-order valence-electron chi connectivity index (χ3n) is 9.07. The van der Waals surface area contributed by atoms with Crippen molar-refractivity contribution in [1.82, 2.24) is 25.1 Å². The molecule has 1 N–H and O–H groups in total. The first-order valence-corrected chi connectivity index (χ1v) is 17.1. The van der Waals surface area contributed by atoms with Gasteiger partial charge in [-0.05, 0) is 85.8 Å². The molecule has 0 spiro atoms. The molecule has 3 fully saturated rings. The number of ether oxygens (including phenoxy) is 2. The van der Waals surface area contributed by atoms with Gasteiger partial charge < -0.3 is 19.4 Å². The maximum atomic E-state index is 13.1. The van der Waals surface area contributed by atoms with E-state index in [-0.39, 0.29) is 11.8 Å². The molecule has 0 radical (unpaired) electrons. The number of carbonyl (C=O) groups excluding carboxylic acids is 2. The number of nitrogens with one attached hydrogen (secondary N) is 1. The van der Waals surface area contributed by atoms with E-state index in [1.165, 1.54) is 15.3 Å². The Labute approximate surface area is 263 Å². The molecule has 0 unspecified atom stereocenters. The first-order chi connectivity index (χ1) is 21.6. The first-order valence-electron chi connectivity index (χ1n) is 15.5. The molecule has 0 bridgehead atoms. The summed E-state index contributed by atoms with van der Waals surface area (Å²) in [5.74, 6) is 2.74. The lowest BCUT2D eigenvalue weighted by Crippen LogP contribution is -2.24. The fraction of sp³-hybridized carbons (Fsp3) is 0.469. The van der Waals surface area contributed by atoms with E-state index in [9.17, 15) is 9.59 Å². The van der Waals surface area contributed by atoms with E-state index in [1.54, 1.807) is 33.9 Å². The summed E-state index contributed by atoms with van der Waals surface area (Å²) in [5.41, 5.74) is 3.07. The van der Waals surface area contributed by atoms with Gasteiger partial charge in [0.05, 0.1) is 16.3 Å². The predicted octanol–water partition coefficient (Wildman–Crippen LogP) is 5.68. The minimum absolute atomic E-state index is 0.0524. The van der Waals surface area contributed by atoms with Crippen LogP contribution >= 0.6 is 22.7 Å². The van der Waals surface area contributed by atoms with Crippen LogP contribution in [0.5, 0.6) is 0 Å². The third-order valence-corrected chi connectivity index (χ3v) is 11.7. The lowest BCUT2D eigenvalue weighted by molar-refractivity contribution is 0.0859. The first kappa shape index (κ1) is 28.1. The van der Waals surface area contributed by atoms with Crippen LogP contribution in [0, 0.1) is 0 Å². The highest BCUT2D eigenvalue weighted by Crippen LogP contribution is 2.41. The van der Waals surface area contributed by atoms with Crippen molar-refractivity contribution in [3.05, 3.63) is 67.3 Å². The number of hydrogen-bond donors (Lipinski definition) is 1. The van der Waals surface area contributed by atoms with Gasteiger partial charge in [0.25, 0.3) is 11.8 Å². The monoisotopic (exact) mass is 630 g/mol. The van der Waals surface area contributed by atoms with Gasteiger partial charge in [0, 0.05) is 48.8 Å². The molecule has 2 saturated heterocycles. The molecule has 4 aromatic rings. The molecule has 4 aliphatic heterocycles. The number of carbonyl (C=O) groups is 2. The van der Waals surface area contributed by atoms with Gasteiger partial charge in [-0.25, -0.2) is 4.98 Å². The van der Waals surface area contributed by atoms with E-state index in [2.05, 4.69) is 32.2 Å². The van der Waals surface area contributed by atoms with Crippen LogP contribution < -0.4 is 10.2 Å². The molecule has 1 saturated carbocycles. The standard InChI is InChI=1S/C21H21N5O2S.C11H13NO2S/c27-21-19-14(10-17(29-19)13-6-8-28-9-7-13)11-25(21)18-3-1-2-16(23-18)20-24-22-12-26(20)15-4-5-15;13-11-10-8(6-12-11)5-9(15-10)7-1-3-14-4-2-7/h1-3,10,12-13,15H,4-9,11H2;5,7H,1-4,6H2,(H,12,13). The molecule has 0 aromatic carbocycles. The molecule has 1 aliphatic carbocycles. The van der Waals surface area contributed by atoms with Crippen LogP contribution in [0.3, 0.4) is 0 Å². The van der Waals surface area contributed by atoms with Gasteiger partial charge in [-0.15, -0.1) is 32.9 Å². The second-order valence-corrected chi connectivity index (χ2v) is 14.2. The molecule has 228 valence electrons. The molecule has 8 heterocycles. The molecule has 10 nitrogen and oxygen atoms in total. The Kier molecular flexibility index (Phi) is 7.53. The van der Waals surface area contributed by atoms with E-state index < -0.39 is 0 Å². The number of pyridine rings is 1. The number of aromatic nitrogens is 4. The van der Waals surface area contributed by atoms with E-state index >= 15 is 0 Å². The van der Waals surface area contributed by atoms with Crippen LogP contribution in [0.4, 0.5) is 5.82 Å². The second kappa shape index (κ2) is 11.8. The van der Waals surface area contributed by atoms with Crippen molar-refractivity contribution in [3.63, 3.8) is 0 Å². The van der Waals surface area contributed by atoms with Crippen molar-refractivity contribution >= 4 is 40.3 Å². The van der Waals surface area contributed by atoms with Gasteiger partial charge in [0.15, 0.2) is 5.82 Å². The highest BCUT2D eigenvalue weighted by Gasteiger charge is 2.34. The molecule has 44 heavy (non-hydrogen) atoms. The van der Waals surface area contributed by atoms with Gasteiger partial charge >= 0.3 is 0 Å². The third kappa shape index (κ3) is 5.38. The van der Waals surface area contributed by atoms with Crippen LogP contribution in [-0.2, 0) is 22.6 Å². The van der Waals surface area contributed by atoms with Crippen molar-refractivity contribution in [2.75, 3.05) is 31.3 Å². The van der Waals surface area contributed by atoms with Gasteiger partial charge in [-0.3, -0.25) is 14.5 Å². The number of rotatable bonds is 5. The molecular formula is C32H34N6O4S2. The zero-order chi connectivity index (χ0) is 29.6. The minimum atomic E-state index is 0.0524. The Bertz CT molecular complexity index is 1700. The Morgan fingerprint density at radius 1 is 0.841 bits per heavy atom. The predicted molar refractivity (Wildman–Crippen MR) is 167 cm³/mol. The van der Waals surface area contributed by atoms with Crippen molar-refractivity contribution in [2.45, 2.75) is 69.5 Å². The SMILES string of the molecule is O=C1NCc2cc(C3CCOCC3)sc21.O=C1c2sc(C3CCOCC3)cc2CN1c1cccc(-c2nncn2C2CC2)n1. The topological polar surface area (TPSA) is 111 Å². The smallest absolute Gasteiger partial charge is 0.270 e. The van der Waals surface area contributed by atoms with Crippen molar-refractivity contribution < 1.29 is 19.1 Å². The quantitative estimate of drug-likeness (QED) is 0.302. The van der Waals surface area contributed by atoms with E-state index in [4.69, 9.17) is 14.5 Å². The minimum Gasteiger partial charge on any atom is -0.381 e. The average Bonchev–Trinajstić information content (AvgIpc) is 3.46. The summed E-state index contributed by atoms with van der Waals surface area (Å²) in [5, 5.41) is 11.2. The highest BCUT2D eigenvalue weighted by molar-refractivity contribution is 7.14. The number of fused-ring (bicyclic) bond motifs is 2. The summed E-state index contributed by atoms with van der Waals surface area (Å²) in [6.07, 6.45) is 8.38. The van der Waals surface area contributed by atoms with Crippen LogP contribution in [0.25, 0.3) is 11.5 Å². The second-order valence-electron chi connectivity index (χ2n) is 12.0. The number of thiophene rings is 2. The molecule has 5 aliphatic rings. The normalized spacial score (nSPS) is 20.3.